The highest BCUT2D eigenvalue weighted by molar-refractivity contribution is 6.30. The minimum absolute atomic E-state index is 0.0885. The Hall–Kier alpha value is -2.26. The molecule has 0 atom stereocenters. The fraction of sp³-hybridized carbons (Fsp3) is 0.217. The fourth-order valence-electron chi connectivity index (χ4n) is 2.01. The maximum absolute atomic E-state index is 12.6. The molecular weight excluding hydrogens is 369 g/mol. The first-order valence-corrected chi connectivity index (χ1v) is 8.85. The molecule has 0 N–H and O–H groups in total. The van der Waals surface area contributed by atoms with E-state index in [1.807, 2.05) is 6.92 Å². The van der Waals surface area contributed by atoms with Crippen molar-refractivity contribution < 1.29 is 13.2 Å². The van der Waals surface area contributed by atoms with E-state index in [4.69, 9.17) is 11.6 Å². The molecule has 144 valence electrons. The molecule has 0 saturated heterocycles. The predicted molar refractivity (Wildman–Crippen MR) is 108 cm³/mol. The van der Waals surface area contributed by atoms with E-state index in [2.05, 4.69) is 38.1 Å². The highest BCUT2D eigenvalue weighted by Gasteiger charge is 2.03. The minimum Gasteiger partial charge on any atom is -0.207 e. The van der Waals surface area contributed by atoms with Crippen LogP contribution in [0.2, 0.25) is 5.02 Å². The van der Waals surface area contributed by atoms with Crippen molar-refractivity contribution in [3.63, 3.8) is 0 Å². The zero-order valence-corrected chi connectivity index (χ0v) is 17.0. The van der Waals surface area contributed by atoms with E-state index in [0.717, 1.165) is 5.56 Å². The van der Waals surface area contributed by atoms with E-state index < -0.39 is 11.6 Å². The predicted octanol–water partition coefficient (Wildman–Crippen LogP) is 7.67. The quantitative estimate of drug-likeness (QED) is 0.368. The van der Waals surface area contributed by atoms with Gasteiger partial charge in [0.15, 0.2) is 0 Å². The summed E-state index contributed by atoms with van der Waals surface area (Å²) < 4.78 is 37.6. The summed E-state index contributed by atoms with van der Waals surface area (Å²) in [4.78, 5) is 0. The van der Waals surface area contributed by atoms with Crippen LogP contribution in [0.3, 0.4) is 0 Å². The van der Waals surface area contributed by atoms with Gasteiger partial charge >= 0.3 is 0 Å². The number of benzene rings is 3. The molecule has 3 aromatic rings. The van der Waals surface area contributed by atoms with Gasteiger partial charge < -0.3 is 0 Å². The lowest BCUT2D eigenvalue weighted by Crippen LogP contribution is -1.88. The first kappa shape index (κ1) is 22.8. The van der Waals surface area contributed by atoms with E-state index in [-0.39, 0.29) is 16.4 Å². The zero-order valence-electron chi connectivity index (χ0n) is 16.2. The van der Waals surface area contributed by atoms with Crippen LogP contribution in [-0.4, -0.2) is 0 Å². The summed E-state index contributed by atoms with van der Waals surface area (Å²) in [6.07, 6.45) is 0. The molecular formula is C23H24ClF3. The number of hydrogen-bond acceptors (Lipinski definition) is 0. The summed E-state index contributed by atoms with van der Waals surface area (Å²) >= 11 is 5.41. The maximum Gasteiger partial charge on any atom is 0.142 e. The number of hydrogen-bond donors (Lipinski definition) is 0. The molecule has 0 amide bonds. The van der Waals surface area contributed by atoms with Crippen molar-refractivity contribution in [2.75, 3.05) is 0 Å². The van der Waals surface area contributed by atoms with Gasteiger partial charge in [-0.15, -0.1) is 0 Å². The van der Waals surface area contributed by atoms with Crippen LogP contribution < -0.4 is 0 Å². The van der Waals surface area contributed by atoms with Crippen molar-refractivity contribution in [2.24, 2.45) is 0 Å². The molecule has 3 aromatic carbocycles. The van der Waals surface area contributed by atoms with Gasteiger partial charge in [-0.3, -0.25) is 0 Å². The van der Waals surface area contributed by atoms with Crippen molar-refractivity contribution in [3.8, 4) is 0 Å². The molecule has 0 aromatic heterocycles. The molecule has 0 spiro atoms. The van der Waals surface area contributed by atoms with Crippen LogP contribution in [0.25, 0.3) is 0 Å². The Labute approximate surface area is 164 Å². The van der Waals surface area contributed by atoms with Gasteiger partial charge in [0.1, 0.15) is 17.5 Å². The molecule has 0 bridgehead atoms. The second kappa shape index (κ2) is 10.8. The lowest BCUT2D eigenvalue weighted by molar-refractivity contribution is 0.566. The molecule has 0 aliphatic heterocycles. The molecule has 27 heavy (non-hydrogen) atoms. The van der Waals surface area contributed by atoms with Gasteiger partial charge in [0.25, 0.3) is 0 Å². The minimum atomic E-state index is -0.475. The third kappa shape index (κ3) is 8.31. The number of aryl methyl sites for hydroxylation is 4. The van der Waals surface area contributed by atoms with Gasteiger partial charge in [-0.25, -0.2) is 13.2 Å². The van der Waals surface area contributed by atoms with E-state index in [0.29, 0.717) is 5.56 Å². The monoisotopic (exact) mass is 392 g/mol. The Morgan fingerprint density at radius 1 is 0.519 bits per heavy atom. The molecule has 0 unspecified atom stereocenters. The normalized spacial score (nSPS) is 9.67. The fourth-order valence-corrected chi connectivity index (χ4v) is 2.13. The summed E-state index contributed by atoms with van der Waals surface area (Å²) in [5.74, 6) is -1.30. The molecule has 0 saturated carbocycles. The van der Waals surface area contributed by atoms with Gasteiger partial charge in [0.2, 0.25) is 0 Å². The smallest absolute Gasteiger partial charge is 0.142 e. The lowest BCUT2D eigenvalue weighted by Gasteiger charge is -1.98. The Morgan fingerprint density at radius 2 is 0.889 bits per heavy atom. The lowest BCUT2D eigenvalue weighted by atomic mass is 10.1. The Morgan fingerprint density at radius 3 is 1.26 bits per heavy atom. The molecule has 4 heteroatoms. The molecule has 0 heterocycles. The second-order valence-corrected chi connectivity index (χ2v) is 6.83. The van der Waals surface area contributed by atoms with Crippen LogP contribution in [0.1, 0.15) is 27.8 Å². The van der Waals surface area contributed by atoms with Crippen LogP contribution in [0, 0.1) is 52.1 Å². The molecule has 0 fully saturated rings. The summed E-state index contributed by atoms with van der Waals surface area (Å²) in [6.45, 7) is 9.09. The van der Waals surface area contributed by atoms with Crippen molar-refractivity contribution in [1.82, 2.24) is 0 Å². The van der Waals surface area contributed by atoms with Gasteiger partial charge in [-0.05, 0) is 70.0 Å². The van der Waals surface area contributed by atoms with E-state index in [1.165, 1.54) is 36.2 Å². The molecule has 3 rings (SSSR count). The van der Waals surface area contributed by atoms with Crippen molar-refractivity contribution in [1.29, 1.82) is 0 Å². The van der Waals surface area contributed by atoms with Gasteiger partial charge in [-0.1, -0.05) is 53.1 Å². The Bertz CT molecular complexity index is 827. The van der Waals surface area contributed by atoms with Crippen LogP contribution in [0.5, 0.6) is 0 Å². The Balaban J connectivity index is 0.000000204. The highest BCUT2D eigenvalue weighted by Crippen LogP contribution is 2.14. The van der Waals surface area contributed by atoms with Gasteiger partial charge in [-0.2, -0.15) is 0 Å². The topological polar surface area (TPSA) is 0 Å². The number of halogens is 4. The zero-order chi connectivity index (χ0) is 20.6. The molecule has 0 aliphatic rings. The van der Waals surface area contributed by atoms with Gasteiger partial charge in [0.05, 0.1) is 5.02 Å². The van der Waals surface area contributed by atoms with E-state index >= 15 is 0 Å². The summed E-state index contributed by atoms with van der Waals surface area (Å²) in [5.41, 5.74) is 4.24. The SMILES string of the molecule is Cc1cc(F)c(C)c(F)c1.Cc1ccc(C)cc1.Cc1ccc(Cl)c(F)c1. The molecule has 0 radical (unpaired) electrons. The highest BCUT2D eigenvalue weighted by atomic mass is 35.5. The summed E-state index contributed by atoms with van der Waals surface area (Å²) in [6, 6.07) is 15.8. The van der Waals surface area contributed by atoms with Crippen molar-refractivity contribution >= 4 is 11.6 Å². The van der Waals surface area contributed by atoms with Gasteiger partial charge in [0, 0.05) is 5.56 Å². The Kier molecular flexibility index (Phi) is 9.10. The van der Waals surface area contributed by atoms with Crippen LogP contribution >= 0.6 is 11.6 Å². The standard InChI is InChI=1S/C8H8F2.C8H10.C7H6ClF/c1-5-3-7(9)6(2)8(10)4-5;1-7-3-5-8(2)6-4-7;1-5-2-3-6(8)7(9)4-5/h3-4H,1-2H3;3-6H,1-2H3;2-4H,1H3. The first-order valence-electron chi connectivity index (χ1n) is 8.47. The van der Waals surface area contributed by atoms with E-state index in [9.17, 15) is 13.2 Å². The van der Waals surface area contributed by atoms with Crippen molar-refractivity contribution in [3.05, 3.63) is 105 Å². The summed E-state index contributed by atoms with van der Waals surface area (Å²) in [7, 11) is 0. The average molecular weight is 393 g/mol. The average Bonchev–Trinajstić information content (AvgIpc) is 2.60. The van der Waals surface area contributed by atoms with Crippen LogP contribution in [0.4, 0.5) is 13.2 Å². The third-order valence-electron chi connectivity index (χ3n) is 3.72. The molecule has 0 aliphatic carbocycles. The largest absolute Gasteiger partial charge is 0.207 e. The van der Waals surface area contributed by atoms with Crippen LogP contribution in [0.15, 0.2) is 54.6 Å². The first-order chi connectivity index (χ1) is 12.6. The summed E-state index contributed by atoms with van der Waals surface area (Å²) in [5, 5.41) is 0.181. The number of rotatable bonds is 0. The van der Waals surface area contributed by atoms with Crippen molar-refractivity contribution in [2.45, 2.75) is 34.6 Å². The molecule has 0 nitrogen and oxygen atoms in total. The maximum atomic E-state index is 12.6. The van der Waals surface area contributed by atoms with Crippen LogP contribution in [-0.2, 0) is 0 Å². The third-order valence-corrected chi connectivity index (χ3v) is 4.03. The van der Waals surface area contributed by atoms with E-state index in [1.54, 1.807) is 19.1 Å². The second-order valence-electron chi connectivity index (χ2n) is 6.43.